The van der Waals surface area contributed by atoms with E-state index < -0.39 is 0 Å². The number of carbonyl (C=O) groups is 1. The van der Waals surface area contributed by atoms with Gasteiger partial charge in [0.15, 0.2) is 0 Å². The van der Waals surface area contributed by atoms with Crippen molar-refractivity contribution in [1.82, 2.24) is 15.3 Å². The van der Waals surface area contributed by atoms with Crippen LogP contribution in [0.1, 0.15) is 16.1 Å². The van der Waals surface area contributed by atoms with Gasteiger partial charge in [0.1, 0.15) is 11.6 Å². The molecule has 3 heterocycles. The zero-order chi connectivity index (χ0) is 16.5. The minimum Gasteiger partial charge on any atom is -0.358 e. The number of H-pyrrole nitrogens is 1. The number of pyridine rings is 1. The third kappa shape index (κ3) is 2.74. The van der Waals surface area contributed by atoms with Crippen LogP contribution in [0.4, 0.5) is 15.9 Å². The highest BCUT2D eigenvalue weighted by Crippen LogP contribution is 2.26. The third-order valence-electron chi connectivity index (χ3n) is 3.97. The Hall–Kier alpha value is -3.15. The molecule has 3 N–H and O–H groups in total. The smallest absolute Gasteiger partial charge is 0.253 e. The molecular weight excluding hydrogens is 307 g/mol. The average Bonchev–Trinajstić information content (AvgIpc) is 3.01. The van der Waals surface area contributed by atoms with Crippen LogP contribution in [-0.4, -0.2) is 22.4 Å². The number of benzene rings is 1. The summed E-state index contributed by atoms with van der Waals surface area (Å²) in [6, 6.07) is 11.8. The first-order chi connectivity index (χ1) is 11.7. The van der Waals surface area contributed by atoms with Crippen molar-refractivity contribution >= 4 is 17.4 Å². The van der Waals surface area contributed by atoms with Crippen LogP contribution in [0.5, 0.6) is 0 Å². The Balaban J connectivity index is 1.64. The zero-order valence-electron chi connectivity index (χ0n) is 12.8. The van der Waals surface area contributed by atoms with Crippen LogP contribution in [0.25, 0.3) is 11.3 Å². The Morgan fingerprint density at radius 2 is 2.08 bits per heavy atom. The van der Waals surface area contributed by atoms with E-state index in [2.05, 4.69) is 20.6 Å². The maximum absolute atomic E-state index is 13.3. The Labute approximate surface area is 137 Å². The van der Waals surface area contributed by atoms with Gasteiger partial charge in [0.25, 0.3) is 5.91 Å². The first kappa shape index (κ1) is 14.4. The molecule has 5 nitrogen and oxygen atoms in total. The van der Waals surface area contributed by atoms with E-state index in [-0.39, 0.29) is 11.7 Å². The van der Waals surface area contributed by atoms with Crippen molar-refractivity contribution in [3.8, 4) is 11.3 Å². The molecule has 0 atom stereocenters. The fourth-order valence-electron chi connectivity index (χ4n) is 2.83. The highest BCUT2D eigenvalue weighted by Gasteiger charge is 2.19. The number of halogens is 1. The molecule has 6 heteroatoms. The van der Waals surface area contributed by atoms with Crippen molar-refractivity contribution in [2.45, 2.75) is 6.42 Å². The van der Waals surface area contributed by atoms with E-state index in [0.717, 1.165) is 23.4 Å². The lowest BCUT2D eigenvalue weighted by Crippen LogP contribution is -2.31. The van der Waals surface area contributed by atoms with E-state index in [1.165, 1.54) is 12.1 Å². The number of carbonyl (C=O) groups excluding carboxylic acids is 1. The molecule has 0 unspecified atom stereocenters. The van der Waals surface area contributed by atoms with E-state index in [9.17, 15) is 9.18 Å². The Kier molecular flexibility index (Phi) is 3.49. The topological polar surface area (TPSA) is 69.8 Å². The summed E-state index contributed by atoms with van der Waals surface area (Å²) in [7, 11) is 0. The van der Waals surface area contributed by atoms with Crippen LogP contribution in [0.3, 0.4) is 0 Å². The van der Waals surface area contributed by atoms with Gasteiger partial charge < -0.3 is 15.6 Å². The molecule has 120 valence electrons. The third-order valence-corrected chi connectivity index (χ3v) is 3.97. The van der Waals surface area contributed by atoms with Crippen LogP contribution in [0, 0.1) is 5.82 Å². The molecule has 1 amide bonds. The number of nitrogens with zero attached hydrogens (tertiary/aromatic N) is 1. The summed E-state index contributed by atoms with van der Waals surface area (Å²) in [5.74, 6) is 0.250. The lowest BCUT2D eigenvalue weighted by atomic mass is 10.1. The molecule has 24 heavy (non-hydrogen) atoms. The van der Waals surface area contributed by atoms with E-state index in [1.54, 1.807) is 18.3 Å². The minimum absolute atomic E-state index is 0.0501. The van der Waals surface area contributed by atoms with Crippen LogP contribution in [0.15, 0.2) is 48.7 Å². The Bertz CT molecular complexity index is 919. The highest BCUT2D eigenvalue weighted by molar-refractivity contribution is 5.97. The molecule has 1 aliphatic rings. The number of rotatable bonds is 3. The van der Waals surface area contributed by atoms with Gasteiger partial charge in [0.05, 0.1) is 5.56 Å². The quantitative estimate of drug-likeness (QED) is 0.693. The van der Waals surface area contributed by atoms with Crippen molar-refractivity contribution in [2.24, 2.45) is 0 Å². The van der Waals surface area contributed by atoms with Crippen molar-refractivity contribution in [3.63, 3.8) is 0 Å². The standard InChI is InChI=1S/C18H15FN4O/c19-12-2-1-3-13(9-12)22-17-8-11(4-6-20-17)16-10-14-15(23-16)5-7-21-18(14)24/h1-4,6,8-10,23H,5,7H2,(H,20,22)(H,21,24). The fraction of sp³-hybridized carbons (Fsp3) is 0.111. The number of amides is 1. The Morgan fingerprint density at radius 1 is 1.17 bits per heavy atom. The summed E-state index contributed by atoms with van der Waals surface area (Å²) in [4.78, 5) is 19.4. The van der Waals surface area contributed by atoms with Gasteiger partial charge in [0.2, 0.25) is 0 Å². The maximum atomic E-state index is 13.3. The lowest BCUT2D eigenvalue weighted by Gasteiger charge is -2.11. The molecule has 0 radical (unpaired) electrons. The van der Waals surface area contributed by atoms with Crippen molar-refractivity contribution < 1.29 is 9.18 Å². The average molecular weight is 322 g/mol. The predicted molar refractivity (Wildman–Crippen MR) is 89.7 cm³/mol. The van der Waals surface area contributed by atoms with Gasteiger partial charge >= 0.3 is 0 Å². The molecule has 0 bridgehead atoms. The monoisotopic (exact) mass is 322 g/mol. The van der Waals surface area contributed by atoms with E-state index in [0.29, 0.717) is 23.6 Å². The summed E-state index contributed by atoms with van der Waals surface area (Å²) in [5.41, 5.74) is 4.04. The molecule has 2 aromatic heterocycles. The lowest BCUT2D eigenvalue weighted by molar-refractivity contribution is 0.0946. The SMILES string of the molecule is O=C1NCCc2[nH]c(-c3ccnc(Nc4cccc(F)c4)c3)cc21. The number of aromatic amines is 1. The number of aromatic nitrogens is 2. The van der Waals surface area contributed by atoms with Crippen molar-refractivity contribution in [1.29, 1.82) is 0 Å². The van der Waals surface area contributed by atoms with Crippen molar-refractivity contribution in [2.75, 3.05) is 11.9 Å². The van der Waals surface area contributed by atoms with Gasteiger partial charge in [-0.1, -0.05) is 6.07 Å². The van der Waals surface area contributed by atoms with Crippen molar-refractivity contribution in [3.05, 3.63) is 65.7 Å². The first-order valence-electron chi connectivity index (χ1n) is 7.68. The van der Waals surface area contributed by atoms with Gasteiger partial charge in [-0.15, -0.1) is 0 Å². The molecular formula is C18H15FN4O. The second kappa shape index (κ2) is 5.81. The summed E-state index contributed by atoms with van der Waals surface area (Å²) >= 11 is 0. The van der Waals surface area contributed by atoms with E-state index in [1.807, 2.05) is 18.2 Å². The van der Waals surface area contributed by atoms with Gasteiger partial charge in [-0.3, -0.25) is 4.79 Å². The molecule has 4 rings (SSSR count). The van der Waals surface area contributed by atoms with E-state index in [4.69, 9.17) is 0 Å². The molecule has 0 saturated carbocycles. The minimum atomic E-state index is -0.306. The molecule has 1 aliphatic heterocycles. The van der Waals surface area contributed by atoms with Gasteiger partial charge in [-0.25, -0.2) is 9.37 Å². The summed E-state index contributed by atoms with van der Waals surface area (Å²) in [6.07, 6.45) is 2.47. The second-order valence-electron chi connectivity index (χ2n) is 5.65. The largest absolute Gasteiger partial charge is 0.358 e. The maximum Gasteiger partial charge on any atom is 0.253 e. The van der Waals surface area contributed by atoms with Gasteiger partial charge in [-0.05, 0) is 36.4 Å². The highest BCUT2D eigenvalue weighted by atomic mass is 19.1. The number of hydrogen-bond acceptors (Lipinski definition) is 3. The van der Waals surface area contributed by atoms with Crippen LogP contribution < -0.4 is 10.6 Å². The number of nitrogens with one attached hydrogen (secondary N) is 3. The second-order valence-corrected chi connectivity index (χ2v) is 5.65. The molecule has 0 fully saturated rings. The molecule has 0 saturated heterocycles. The zero-order valence-corrected chi connectivity index (χ0v) is 12.8. The Morgan fingerprint density at radius 3 is 2.92 bits per heavy atom. The molecule has 0 spiro atoms. The number of fused-ring (bicyclic) bond motifs is 1. The van der Waals surface area contributed by atoms with E-state index >= 15 is 0 Å². The summed E-state index contributed by atoms with van der Waals surface area (Å²) in [6.45, 7) is 0.647. The molecule has 0 aliphatic carbocycles. The molecule has 3 aromatic rings. The van der Waals surface area contributed by atoms with Crippen LogP contribution >= 0.6 is 0 Å². The summed E-state index contributed by atoms with van der Waals surface area (Å²) in [5, 5.41) is 5.91. The number of anilines is 2. The van der Waals surface area contributed by atoms with Gasteiger partial charge in [-0.2, -0.15) is 0 Å². The normalized spacial score (nSPS) is 13.3. The first-order valence-corrected chi connectivity index (χ1v) is 7.68. The fourth-order valence-corrected chi connectivity index (χ4v) is 2.83. The predicted octanol–water partition coefficient (Wildman–Crippen LogP) is 3.25. The number of hydrogen-bond donors (Lipinski definition) is 3. The molecule has 1 aromatic carbocycles. The van der Waals surface area contributed by atoms with Crippen LogP contribution in [0.2, 0.25) is 0 Å². The van der Waals surface area contributed by atoms with Gasteiger partial charge in [0, 0.05) is 41.8 Å². The van der Waals surface area contributed by atoms with Crippen LogP contribution in [-0.2, 0) is 6.42 Å². The summed E-state index contributed by atoms with van der Waals surface area (Å²) < 4.78 is 13.3.